The fourth-order valence-electron chi connectivity index (χ4n) is 0.167. The van der Waals surface area contributed by atoms with E-state index in [0.29, 0.717) is 0 Å². The summed E-state index contributed by atoms with van der Waals surface area (Å²) < 4.78 is 0. The van der Waals surface area contributed by atoms with Gasteiger partial charge in [-0.25, -0.2) is 0 Å². The molecule has 1 saturated carbocycles. The summed E-state index contributed by atoms with van der Waals surface area (Å²) in [6.07, 6.45) is 2.97. The maximum absolute atomic E-state index is 2.28. The van der Waals surface area contributed by atoms with Crippen LogP contribution in [0.15, 0.2) is 0 Å². The van der Waals surface area contributed by atoms with Crippen molar-refractivity contribution in [3.63, 3.8) is 0 Å². The summed E-state index contributed by atoms with van der Waals surface area (Å²) in [6, 6.07) is 0. The average Bonchev–Trinajstić information content (AvgIpc) is 3.59. The first-order valence-electron chi connectivity index (χ1n) is 11.9. The quantitative estimate of drug-likeness (QED) is 0.404. The van der Waals surface area contributed by atoms with E-state index in [1.165, 1.54) is 12.8 Å². The fourth-order valence-corrected chi connectivity index (χ4v) is 0.167. The summed E-state index contributed by atoms with van der Waals surface area (Å²) in [5.74, 6) is 1.08. The van der Waals surface area contributed by atoms with Gasteiger partial charge in [0.15, 0.2) is 0 Å². The summed E-state index contributed by atoms with van der Waals surface area (Å²) in [6.45, 7) is 42.3. The Kier molecular flexibility index (Phi) is 1200. The van der Waals surface area contributed by atoms with Crippen molar-refractivity contribution < 1.29 is 0 Å². The third-order valence-electron chi connectivity index (χ3n) is 0.866. The van der Waals surface area contributed by atoms with Crippen molar-refractivity contribution in [1.82, 2.24) is 0 Å². The Hall–Kier alpha value is 0. The summed E-state index contributed by atoms with van der Waals surface area (Å²) in [4.78, 5) is 0. The molecule has 0 aliphatic heterocycles. The van der Waals surface area contributed by atoms with Crippen molar-refractivity contribution in [2.45, 2.75) is 158 Å². The van der Waals surface area contributed by atoms with Crippen LogP contribution in [-0.4, -0.2) is 0 Å². The van der Waals surface area contributed by atoms with Gasteiger partial charge in [-0.15, -0.1) is 0 Å². The molecule has 1 aliphatic carbocycles. The molecule has 1 rings (SSSR count). The second kappa shape index (κ2) is 445. The van der Waals surface area contributed by atoms with Gasteiger partial charge in [-0.05, 0) is 5.92 Å². The SMILES string of the molecule is CC.CC.CC.CC.CC.CC.CC.CC.CC.CC.CC1CC1. The van der Waals surface area contributed by atoms with Gasteiger partial charge in [0.1, 0.15) is 0 Å². The van der Waals surface area contributed by atoms with Gasteiger partial charge in [0.05, 0.1) is 0 Å². The minimum Gasteiger partial charge on any atom is -0.0683 e. The molecule has 0 aromatic heterocycles. The lowest BCUT2D eigenvalue weighted by atomic mass is 10.5. The summed E-state index contributed by atoms with van der Waals surface area (Å²) >= 11 is 0. The van der Waals surface area contributed by atoms with Crippen LogP contribution in [-0.2, 0) is 0 Å². The summed E-state index contributed by atoms with van der Waals surface area (Å²) in [5, 5.41) is 0. The van der Waals surface area contributed by atoms with Crippen molar-refractivity contribution in [3.8, 4) is 0 Å². The molecule has 0 N–H and O–H groups in total. The lowest BCUT2D eigenvalue weighted by Gasteiger charge is -1.53. The zero-order valence-corrected chi connectivity index (χ0v) is 23.0. The van der Waals surface area contributed by atoms with Crippen LogP contribution in [0.5, 0.6) is 0 Å². The monoisotopic (exact) mass is 357 g/mol. The molecule has 0 unspecified atom stereocenters. The van der Waals surface area contributed by atoms with Crippen LogP contribution in [0.25, 0.3) is 0 Å². The van der Waals surface area contributed by atoms with Gasteiger partial charge in [-0.3, -0.25) is 0 Å². The van der Waals surface area contributed by atoms with Crippen molar-refractivity contribution in [1.29, 1.82) is 0 Å². The van der Waals surface area contributed by atoms with Crippen molar-refractivity contribution in [2.75, 3.05) is 0 Å². The van der Waals surface area contributed by atoms with Gasteiger partial charge in [-0.2, -0.15) is 0 Å². The molecule has 164 valence electrons. The Morgan fingerprint density at radius 2 is 0.333 bits per heavy atom. The Bertz CT molecular complexity index is 19.2. The van der Waals surface area contributed by atoms with Crippen LogP contribution < -0.4 is 0 Å². The predicted molar refractivity (Wildman–Crippen MR) is 132 cm³/mol. The molecular formula is C24H68. The van der Waals surface area contributed by atoms with E-state index in [2.05, 4.69) is 6.92 Å². The largest absolute Gasteiger partial charge is 0.0683 e. The molecule has 0 heterocycles. The van der Waals surface area contributed by atoms with Crippen LogP contribution in [0.4, 0.5) is 0 Å². The molecule has 0 spiro atoms. The van der Waals surface area contributed by atoms with Gasteiger partial charge >= 0.3 is 0 Å². The highest BCUT2D eigenvalue weighted by Crippen LogP contribution is 2.26. The summed E-state index contributed by atoms with van der Waals surface area (Å²) in [7, 11) is 0. The molecule has 1 fully saturated rings. The second-order valence-electron chi connectivity index (χ2n) is 1.68. The van der Waals surface area contributed by atoms with E-state index in [1.54, 1.807) is 0 Å². The zero-order chi connectivity index (χ0) is 23.0. The van der Waals surface area contributed by atoms with Gasteiger partial charge in [-0.1, -0.05) is 158 Å². The Labute approximate surface area is 164 Å². The van der Waals surface area contributed by atoms with E-state index in [4.69, 9.17) is 0 Å². The minimum atomic E-state index is 1.08. The predicted octanol–water partition coefficient (Wildman–Crippen LogP) is 11.7. The topological polar surface area (TPSA) is 0 Å². The molecule has 0 amide bonds. The second-order valence-corrected chi connectivity index (χ2v) is 1.68. The Morgan fingerprint density at radius 1 is 0.292 bits per heavy atom. The first-order valence-corrected chi connectivity index (χ1v) is 11.9. The molecule has 0 nitrogen and oxygen atoms in total. The minimum absolute atomic E-state index is 1.08. The average molecular weight is 357 g/mol. The molecule has 0 aromatic rings. The molecule has 1 aliphatic rings. The van der Waals surface area contributed by atoms with Crippen LogP contribution in [0.1, 0.15) is 158 Å². The maximum Gasteiger partial charge on any atom is -0.0443 e. The molecule has 0 radical (unpaired) electrons. The van der Waals surface area contributed by atoms with E-state index in [9.17, 15) is 0 Å². The highest BCUT2D eigenvalue weighted by atomic mass is 14.2. The van der Waals surface area contributed by atoms with Crippen LogP contribution >= 0.6 is 0 Å². The van der Waals surface area contributed by atoms with Gasteiger partial charge in [0.2, 0.25) is 0 Å². The Morgan fingerprint density at radius 3 is 0.333 bits per heavy atom. The van der Waals surface area contributed by atoms with E-state index in [0.717, 1.165) is 5.92 Å². The molecule has 0 aromatic carbocycles. The standard InChI is InChI=1S/C4H8.10C2H6/c1-4-2-3-4;10*1-2/h4H,2-3H2,1H3;10*1-2H3. The van der Waals surface area contributed by atoms with Gasteiger partial charge in [0.25, 0.3) is 0 Å². The Balaban J connectivity index is -0.0000000115. The third-order valence-corrected chi connectivity index (χ3v) is 0.866. The normalized spacial score (nSPS) is 6.88. The van der Waals surface area contributed by atoms with Crippen molar-refractivity contribution in [2.24, 2.45) is 5.92 Å². The lowest BCUT2D eigenvalue weighted by Crippen LogP contribution is -1.42. The smallest absolute Gasteiger partial charge is 0.0443 e. The highest BCUT2D eigenvalue weighted by Gasteiger charge is 2.12. The molecule has 0 bridgehead atoms. The van der Waals surface area contributed by atoms with Crippen molar-refractivity contribution >= 4 is 0 Å². The number of hydrogen-bond acceptors (Lipinski definition) is 0. The maximum atomic E-state index is 2.28. The number of hydrogen-bond donors (Lipinski definition) is 0. The molecule has 0 heteroatoms. The molecule has 0 saturated heterocycles. The number of rotatable bonds is 0. The molecular weight excluding hydrogens is 288 g/mol. The summed E-state index contributed by atoms with van der Waals surface area (Å²) in [5.41, 5.74) is 0. The first kappa shape index (κ1) is 64.8. The fraction of sp³-hybridized carbons (Fsp3) is 1.00. The lowest BCUT2D eigenvalue weighted by molar-refractivity contribution is 0.983. The van der Waals surface area contributed by atoms with E-state index in [1.807, 2.05) is 138 Å². The van der Waals surface area contributed by atoms with E-state index < -0.39 is 0 Å². The van der Waals surface area contributed by atoms with Crippen LogP contribution in [0.3, 0.4) is 0 Å². The third kappa shape index (κ3) is 1080. The first-order chi connectivity index (χ1) is 11.9. The van der Waals surface area contributed by atoms with Gasteiger partial charge in [0, 0.05) is 0 Å². The van der Waals surface area contributed by atoms with Crippen LogP contribution in [0, 0.1) is 5.92 Å². The zero-order valence-electron chi connectivity index (χ0n) is 23.0. The van der Waals surface area contributed by atoms with E-state index >= 15 is 0 Å². The van der Waals surface area contributed by atoms with Crippen LogP contribution in [0.2, 0.25) is 0 Å². The molecule has 0 atom stereocenters. The van der Waals surface area contributed by atoms with Gasteiger partial charge < -0.3 is 0 Å². The highest BCUT2D eigenvalue weighted by molar-refractivity contribution is 4.65. The van der Waals surface area contributed by atoms with E-state index in [-0.39, 0.29) is 0 Å². The van der Waals surface area contributed by atoms with Crippen molar-refractivity contribution in [3.05, 3.63) is 0 Å². The molecule has 24 heavy (non-hydrogen) atoms.